The topological polar surface area (TPSA) is 34.1 Å². The highest BCUT2D eigenvalue weighted by atomic mass is 16.2. The summed E-state index contributed by atoms with van der Waals surface area (Å²) < 4.78 is 0. The number of ketones is 2. The maximum atomic E-state index is 13.9. The molecular weight excluding hydrogens is 392 g/mol. The smallest absolute Gasteiger partial charge is 0.146 e. The molecular formula is C30H52O2. The molecule has 2 nitrogen and oxygen atoms in total. The molecule has 3 saturated carbocycles. The van der Waals surface area contributed by atoms with E-state index in [4.69, 9.17) is 0 Å². The molecule has 3 aliphatic rings. The first-order valence-electron chi connectivity index (χ1n) is 14.7. The molecule has 0 aromatic carbocycles. The van der Waals surface area contributed by atoms with Gasteiger partial charge >= 0.3 is 0 Å². The Labute approximate surface area is 199 Å². The van der Waals surface area contributed by atoms with Crippen LogP contribution < -0.4 is 0 Å². The van der Waals surface area contributed by atoms with Crippen molar-refractivity contribution in [1.29, 1.82) is 0 Å². The molecule has 0 aliphatic heterocycles. The van der Waals surface area contributed by atoms with Gasteiger partial charge in [0.2, 0.25) is 0 Å². The van der Waals surface area contributed by atoms with Crippen molar-refractivity contribution in [2.75, 3.05) is 0 Å². The van der Waals surface area contributed by atoms with Gasteiger partial charge in [-0.1, -0.05) is 97.3 Å². The third-order valence-electron chi connectivity index (χ3n) is 9.40. The van der Waals surface area contributed by atoms with Crippen molar-refractivity contribution in [3.8, 4) is 0 Å². The van der Waals surface area contributed by atoms with Gasteiger partial charge in [-0.3, -0.25) is 9.59 Å². The molecule has 3 fully saturated rings. The number of Topliss-reactive ketones (excluding diaryl/α,β-unsaturated/α-hetero) is 2. The van der Waals surface area contributed by atoms with Crippen LogP contribution >= 0.6 is 0 Å². The van der Waals surface area contributed by atoms with Crippen LogP contribution in [-0.4, -0.2) is 11.6 Å². The molecule has 0 saturated heterocycles. The maximum absolute atomic E-state index is 13.9. The zero-order valence-corrected chi connectivity index (χ0v) is 21.4. The Morgan fingerprint density at radius 1 is 0.719 bits per heavy atom. The average molecular weight is 445 g/mol. The average Bonchev–Trinajstić information content (AvgIpc) is 2.81. The summed E-state index contributed by atoms with van der Waals surface area (Å²) >= 11 is 0. The second-order valence-electron chi connectivity index (χ2n) is 11.8. The van der Waals surface area contributed by atoms with Gasteiger partial charge in [-0.25, -0.2) is 0 Å². The highest BCUT2D eigenvalue weighted by Gasteiger charge is 2.43. The number of carbonyl (C=O) groups excluding carboxylic acids is 2. The Balaban J connectivity index is 1.59. The zero-order chi connectivity index (χ0) is 22.8. The van der Waals surface area contributed by atoms with E-state index in [1.54, 1.807) is 0 Å². The molecule has 0 bridgehead atoms. The van der Waals surface area contributed by atoms with E-state index in [0.717, 1.165) is 18.8 Å². The van der Waals surface area contributed by atoms with E-state index in [9.17, 15) is 9.59 Å². The van der Waals surface area contributed by atoms with Crippen LogP contribution in [0.15, 0.2) is 0 Å². The number of hydrogen-bond donors (Lipinski definition) is 0. The summed E-state index contributed by atoms with van der Waals surface area (Å²) in [5.41, 5.74) is 0. The van der Waals surface area contributed by atoms with Gasteiger partial charge in [-0.15, -0.1) is 0 Å². The minimum Gasteiger partial charge on any atom is -0.299 e. The number of hydrogen-bond acceptors (Lipinski definition) is 2. The molecule has 2 heteroatoms. The van der Waals surface area contributed by atoms with Crippen LogP contribution in [0, 0.1) is 35.5 Å². The lowest BCUT2D eigenvalue weighted by Gasteiger charge is -2.40. The van der Waals surface area contributed by atoms with E-state index in [0.29, 0.717) is 35.7 Å². The van der Waals surface area contributed by atoms with Crippen molar-refractivity contribution in [2.45, 2.75) is 142 Å². The first-order chi connectivity index (χ1) is 15.6. The predicted octanol–water partition coefficient (Wildman–Crippen LogP) is 8.70. The summed E-state index contributed by atoms with van der Waals surface area (Å²) in [7, 11) is 0. The van der Waals surface area contributed by atoms with Crippen LogP contribution in [0.3, 0.4) is 0 Å². The van der Waals surface area contributed by atoms with Crippen LogP contribution in [0.2, 0.25) is 0 Å². The third-order valence-corrected chi connectivity index (χ3v) is 9.40. The Kier molecular flexibility index (Phi) is 11.3. The Hall–Kier alpha value is -0.660. The normalized spacial score (nSPS) is 30.9. The lowest BCUT2D eigenvalue weighted by Crippen LogP contribution is -2.42. The zero-order valence-electron chi connectivity index (χ0n) is 21.4. The largest absolute Gasteiger partial charge is 0.299 e. The van der Waals surface area contributed by atoms with E-state index < -0.39 is 0 Å². The minimum atomic E-state index is -0.258. The molecule has 0 radical (unpaired) electrons. The molecule has 3 rings (SSSR count). The molecule has 0 aromatic rings. The number of carbonyl (C=O) groups is 2. The molecule has 3 unspecified atom stereocenters. The molecule has 0 spiro atoms. The van der Waals surface area contributed by atoms with Crippen LogP contribution in [0.25, 0.3) is 0 Å². The van der Waals surface area contributed by atoms with E-state index in [1.165, 1.54) is 109 Å². The van der Waals surface area contributed by atoms with Crippen molar-refractivity contribution in [3.05, 3.63) is 0 Å². The van der Waals surface area contributed by atoms with Crippen molar-refractivity contribution >= 4 is 11.6 Å². The van der Waals surface area contributed by atoms with Gasteiger partial charge in [0.15, 0.2) is 0 Å². The van der Waals surface area contributed by atoms with Crippen LogP contribution in [-0.2, 0) is 9.59 Å². The van der Waals surface area contributed by atoms with Gasteiger partial charge in [0, 0.05) is 12.3 Å². The second kappa shape index (κ2) is 13.9. The highest BCUT2D eigenvalue weighted by molar-refractivity contribution is 6.04. The quantitative estimate of drug-likeness (QED) is 0.223. The first kappa shape index (κ1) is 26.0. The summed E-state index contributed by atoms with van der Waals surface area (Å²) in [5, 5.41) is 0. The molecule has 3 aliphatic carbocycles. The summed E-state index contributed by atoms with van der Waals surface area (Å²) in [4.78, 5) is 27.1. The van der Waals surface area contributed by atoms with Gasteiger partial charge in [0.1, 0.15) is 11.6 Å². The first-order valence-corrected chi connectivity index (χ1v) is 14.7. The van der Waals surface area contributed by atoms with Gasteiger partial charge in [0.25, 0.3) is 0 Å². The second-order valence-corrected chi connectivity index (χ2v) is 11.8. The van der Waals surface area contributed by atoms with Crippen LogP contribution in [0.4, 0.5) is 0 Å². The summed E-state index contributed by atoms with van der Waals surface area (Å²) in [5.74, 6) is 3.19. The molecule has 32 heavy (non-hydrogen) atoms. The summed E-state index contributed by atoms with van der Waals surface area (Å²) in [6.45, 7) is 4.53. The van der Waals surface area contributed by atoms with E-state index >= 15 is 0 Å². The van der Waals surface area contributed by atoms with Crippen molar-refractivity contribution < 1.29 is 9.59 Å². The minimum absolute atomic E-state index is 0.192. The van der Waals surface area contributed by atoms with Gasteiger partial charge in [0.05, 0.1) is 5.92 Å². The Morgan fingerprint density at radius 2 is 1.28 bits per heavy atom. The molecule has 3 atom stereocenters. The predicted molar refractivity (Wildman–Crippen MR) is 135 cm³/mol. The van der Waals surface area contributed by atoms with E-state index in [1.807, 2.05) is 0 Å². The van der Waals surface area contributed by atoms with Crippen LogP contribution in [0.5, 0.6) is 0 Å². The van der Waals surface area contributed by atoms with Crippen molar-refractivity contribution in [3.63, 3.8) is 0 Å². The van der Waals surface area contributed by atoms with Gasteiger partial charge in [-0.2, -0.15) is 0 Å². The molecule has 0 heterocycles. The standard InChI is InChI=1S/C30H52O2/c1-3-5-8-12-23-16-19-26(20-17-23)29(25-14-10-7-11-15-25)30(32)27-21-18-24(22-28(27)31)13-9-6-4-2/h23-27,29H,3-22H2,1-2H3. The van der Waals surface area contributed by atoms with Gasteiger partial charge in [-0.05, 0) is 62.2 Å². The molecule has 0 amide bonds. The fraction of sp³-hybridized carbons (Fsp3) is 0.933. The Bertz CT molecular complexity index is 553. The lowest BCUT2D eigenvalue weighted by molar-refractivity contribution is -0.141. The fourth-order valence-corrected chi connectivity index (χ4v) is 7.42. The fourth-order valence-electron chi connectivity index (χ4n) is 7.42. The number of rotatable bonds is 12. The van der Waals surface area contributed by atoms with E-state index in [-0.39, 0.29) is 11.8 Å². The molecule has 0 N–H and O–H groups in total. The highest BCUT2D eigenvalue weighted by Crippen LogP contribution is 2.45. The van der Waals surface area contributed by atoms with E-state index in [2.05, 4.69) is 13.8 Å². The molecule has 184 valence electrons. The van der Waals surface area contributed by atoms with Crippen molar-refractivity contribution in [1.82, 2.24) is 0 Å². The van der Waals surface area contributed by atoms with Crippen LogP contribution in [0.1, 0.15) is 142 Å². The summed E-state index contributed by atoms with van der Waals surface area (Å²) in [6, 6.07) is 0. The summed E-state index contributed by atoms with van der Waals surface area (Å²) in [6.07, 6.45) is 24.5. The SMILES string of the molecule is CCCCCC1CCC(C(C(=O)C2CCC(CCCCC)CC2=O)C2CCCCC2)CC1. The maximum Gasteiger partial charge on any atom is 0.146 e. The Morgan fingerprint density at radius 3 is 1.88 bits per heavy atom. The van der Waals surface area contributed by atoms with Gasteiger partial charge < -0.3 is 0 Å². The van der Waals surface area contributed by atoms with Crippen molar-refractivity contribution in [2.24, 2.45) is 35.5 Å². The number of unbranched alkanes of at least 4 members (excludes halogenated alkanes) is 4. The monoisotopic (exact) mass is 444 g/mol. The lowest BCUT2D eigenvalue weighted by atomic mass is 9.63. The third kappa shape index (κ3) is 7.42. The molecule has 0 aromatic heterocycles.